The summed E-state index contributed by atoms with van der Waals surface area (Å²) in [5.74, 6) is 0.963. The number of hydrogen-bond donors (Lipinski definition) is 1. The fourth-order valence-corrected chi connectivity index (χ4v) is 2.65. The molecule has 1 atom stereocenters. The quantitative estimate of drug-likeness (QED) is 0.805. The second kappa shape index (κ2) is 4.55. The van der Waals surface area contributed by atoms with Crippen molar-refractivity contribution in [2.24, 2.45) is 5.92 Å². The summed E-state index contributed by atoms with van der Waals surface area (Å²) in [7, 11) is 0. The van der Waals surface area contributed by atoms with Crippen LogP contribution in [0, 0.1) is 5.92 Å². The van der Waals surface area contributed by atoms with Gasteiger partial charge in [0, 0.05) is 44.6 Å². The van der Waals surface area contributed by atoms with Crippen LogP contribution >= 0.6 is 0 Å². The van der Waals surface area contributed by atoms with Crippen molar-refractivity contribution in [3.05, 3.63) is 18.5 Å². The highest BCUT2D eigenvalue weighted by molar-refractivity contribution is 4.92. The van der Waals surface area contributed by atoms with Crippen molar-refractivity contribution in [2.45, 2.75) is 25.4 Å². The van der Waals surface area contributed by atoms with Gasteiger partial charge in [-0.15, -0.1) is 0 Å². The molecule has 0 radical (unpaired) electrons. The Morgan fingerprint density at radius 3 is 3.00 bits per heavy atom. The summed E-state index contributed by atoms with van der Waals surface area (Å²) < 4.78 is 2.03. The Balaban J connectivity index is 1.55. The van der Waals surface area contributed by atoms with Crippen molar-refractivity contribution >= 4 is 0 Å². The van der Waals surface area contributed by atoms with E-state index in [1.165, 1.54) is 25.9 Å². The fourth-order valence-electron chi connectivity index (χ4n) is 2.65. The van der Waals surface area contributed by atoms with Gasteiger partial charge in [0.15, 0.2) is 0 Å². The average Bonchev–Trinajstić information content (AvgIpc) is 3.04. The zero-order valence-electron chi connectivity index (χ0n) is 9.68. The number of nitrogens with zero attached hydrogens (tertiary/aromatic N) is 3. The molecule has 16 heavy (non-hydrogen) atoms. The summed E-state index contributed by atoms with van der Waals surface area (Å²) in [5, 5.41) is 7.78. The molecule has 3 rings (SSSR count). The van der Waals surface area contributed by atoms with E-state index >= 15 is 0 Å². The van der Waals surface area contributed by atoms with Crippen LogP contribution in [0.5, 0.6) is 0 Å². The third-order valence-electron chi connectivity index (χ3n) is 3.74. The van der Waals surface area contributed by atoms with Gasteiger partial charge in [0.2, 0.25) is 0 Å². The number of aromatic nitrogens is 2. The SMILES string of the molecule is c1cnn(CCN2CCNCC2C2CC2)c1. The van der Waals surface area contributed by atoms with Gasteiger partial charge in [-0.25, -0.2) is 0 Å². The Hall–Kier alpha value is -0.870. The summed E-state index contributed by atoms with van der Waals surface area (Å²) in [6.45, 7) is 5.69. The number of hydrogen-bond acceptors (Lipinski definition) is 3. The molecule has 88 valence electrons. The first kappa shape index (κ1) is 10.3. The minimum atomic E-state index is 0.782. The summed E-state index contributed by atoms with van der Waals surface area (Å²) in [4.78, 5) is 2.65. The molecule has 1 N–H and O–H groups in total. The molecule has 4 heteroatoms. The van der Waals surface area contributed by atoms with E-state index in [9.17, 15) is 0 Å². The summed E-state index contributed by atoms with van der Waals surface area (Å²) in [6.07, 6.45) is 6.78. The van der Waals surface area contributed by atoms with Crippen LogP contribution < -0.4 is 5.32 Å². The summed E-state index contributed by atoms with van der Waals surface area (Å²) in [6, 6.07) is 2.78. The first-order chi connectivity index (χ1) is 7.93. The van der Waals surface area contributed by atoms with Crippen molar-refractivity contribution in [1.82, 2.24) is 20.0 Å². The van der Waals surface area contributed by atoms with E-state index in [0.29, 0.717) is 0 Å². The fraction of sp³-hybridized carbons (Fsp3) is 0.750. The molecule has 1 unspecified atom stereocenters. The predicted molar refractivity (Wildman–Crippen MR) is 63.2 cm³/mol. The average molecular weight is 220 g/mol. The van der Waals surface area contributed by atoms with Crippen molar-refractivity contribution < 1.29 is 0 Å². The van der Waals surface area contributed by atoms with Gasteiger partial charge in [0.05, 0.1) is 6.54 Å². The van der Waals surface area contributed by atoms with Gasteiger partial charge in [0.25, 0.3) is 0 Å². The maximum absolute atomic E-state index is 4.26. The van der Waals surface area contributed by atoms with Gasteiger partial charge >= 0.3 is 0 Å². The Kier molecular flexibility index (Phi) is 2.93. The lowest BCUT2D eigenvalue weighted by atomic mass is 10.1. The Morgan fingerprint density at radius 1 is 1.31 bits per heavy atom. The highest BCUT2D eigenvalue weighted by Crippen LogP contribution is 2.35. The van der Waals surface area contributed by atoms with Gasteiger partial charge < -0.3 is 5.32 Å². The van der Waals surface area contributed by atoms with Crippen LogP contribution in [0.4, 0.5) is 0 Å². The molecule has 0 spiro atoms. The Morgan fingerprint density at radius 2 is 2.25 bits per heavy atom. The molecule has 1 aromatic heterocycles. The van der Waals surface area contributed by atoms with Gasteiger partial charge in [-0.1, -0.05) is 0 Å². The van der Waals surface area contributed by atoms with Crippen molar-refractivity contribution in [2.75, 3.05) is 26.2 Å². The first-order valence-corrected chi connectivity index (χ1v) is 6.36. The van der Waals surface area contributed by atoms with E-state index in [0.717, 1.165) is 31.6 Å². The van der Waals surface area contributed by atoms with E-state index in [4.69, 9.17) is 0 Å². The molecule has 0 aromatic carbocycles. The standard InChI is InChI=1S/C12H20N4/c1-4-14-16(6-1)9-8-15-7-5-13-10-12(15)11-2-3-11/h1,4,6,11-13H,2-3,5,7-10H2. The molecule has 1 saturated carbocycles. The van der Waals surface area contributed by atoms with Crippen LogP contribution in [0.1, 0.15) is 12.8 Å². The van der Waals surface area contributed by atoms with Crippen LogP contribution in [-0.4, -0.2) is 46.9 Å². The normalized spacial score (nSPS) is 27.1. The van der Waals surface area contributed by atoms with E-state index in [-0.39, 0.29) is 0 Å². The van der Waals surface area contributed by atoms with Gasteiger partial charge in [-0.3, -0.25) is 9.58 Å². The first-order valence-electron chi connectivity index (χ1n) is 6.36. The molecule has 0 amide bonds. The van der Waals surface area contributed by atoms with Gasteiger partial charge in [-0.05, 0) is 24.8 Å². The summed E-state index contributed by atoms with van der Waals surface area (Å²) in [5.41, 5.74) is 0. The molecule has 2 aliphatic rings. The van der Waals surface area contributed by atoms with Crippen LogP contribution in [0.3, 0.4) is 0 Å². The van der Waals surface area contributed by atoms with Crippen molar-refractivity contribution in [1.29, 1.82) is 0 Å². The second-order valence-electron chi connectivity index (χ2n) is 4.91. The molecule has 1 saturated heterocycles. The van der Waals surface area contributed by atoms with Gasteiger partial charge in [-0.2, -0.15) is 5.10 Å². The van der Waals surface area contributed by atoms with Crippen molar-refractivity contribution in [3.63, 3.8) is 0 Å². The maximum atomic E-state index is 4.26. The molecule has 4 nitrogen and oxygen atoms in total. The van der Waals surface area contributed by atoms with E-state index in [1.54, 1.807) is 0 Å². The highest BCUT2D eigenvalue weighted by atomic mass is 15.3. The van der Waals surface area contributed by atoms with Crippen LogP contribution in [0.25, 0.3) is 0 Å². The Labute approximate surface area is 96.6 Å². The number of nitrogens with one attached hydrogen (secondary N) is 1. The minimum absolute atomic E-state index is 0.782. The monoisotopic (exact) mass is 220 g/mol. The molecular formula is C12H20N4. The van der Waals surface area contributed by atoms with E-state index in [1.807, 2.05) is 23.1 Å². The lowest BCUT2D eigenvalue weighted by Crippen LogP contribution is -2.53. The number of rotatable bonds is 4. The third-order valence-corrected chi connectivity index (χ3v) is 3.74. The molecule has 1 aliphatic carbocycles. The summed E-state index contributed by atoms with van der Waals surface area (Å²) >= 11 is 0. The molecular weight excluding hydrogens is 200 g/mol. The minimum Gasteiger partial charge on any atom is -0.314 e. The van der Waals surface area contributed by atoms with Crippen LogP contribution in [0.2, 0.25) is 0 Å². The number of piperazine rings is 1. The van der Waals surface area contributed by atoms with E-state index < -0.39 is 0 Å². The molecule has 0 bridgehead atoms. The van der Waals surface area contributed by atoms with Crippen LogP contribution in [-0.2, 0) is 6.54 Å². The highest BCUT2D eigenvalue weighted by Gasteiger charge is 2.36. The molecule has 1 aromatic rings. The Bertz CT molecular complexity index is 318. The molecule has 2 fully saturated rings. The third kappa shape index (κ3) is 2.28. The smallest absolute Gasteiger partial charge is 0.0536 e. The van der Waals surface area contributed by atoms with E-state index in [2.05, 4.69) is 15.3 Å². The molecule has 1 aliphatic heterocycles. The largest absolute Gasteiger partial charge is 0.314 e. The lowest BCUT2D eigenvalue weighted by molar-refractivity contribution is 0.137. The molecule has 2 heterocycles. The van der Waals surface area contributed by atoms with Crippen LogP contribution in [0.15, 0.2) is 18.5 Å². The lowest BCUT2D eigenvalue weighted by Gasteiger charge is -2.36. The second-order valence-corrected chi connectivity index (χ2v) is 4.91. The zero-order chi connectivity index (χ0) is 10.8. The zero-order valence-corrected chi connectivity index (χ0v) is 9.68. The predicted octanol–water partition coefficient (Wildman–Crippen LogP) is 0.567. The van der Waals surface area contributed by atoms with Crippen molar-refractivity contribution in [3.8, 4) is 0 Å². The topological polar surface area (TPSA) is 33.1 Å². The maximum Gasteiger partial charge on any atom is 0.0536 e. The van der Waals surface area contributed by atoms with Gasteiger partial charge in [0.1, 0.15) is 0 Å².